The third-order valence-corrected chi connectivity index (χ3v) is 7.12. The molecule has 2 atom stereocenters. The van der Waals surface area contributed by atoms with Crippen molar-refractivity contribution in [3.63, 3.8) is 0 Å². The number of carbonyl (C=O) groups is 1. The number of aliphatic hydroxyl groups is 1. The molecule has 1 amide bonds. The number of piperazine rings is 1. The monoisotopic (exact) mass is 572 g/mol. The number of amides is 1. The summed E-state index contributed by atoms with van der Waals surface area (Å²) in [5.41, 5.74) is 9.90. The number of hydrogen-bond acceptors (Lipinski definition) is 7. The number of primary amides is 1. The second-order valence-electron chi connectivity index (χ2n) is 11.1. The van der Waals surface area contributed by atoms with Gasteiger partial charge in [-0.05, 0) is 73.9 Å². The predicted molar refractivity (Wildman–Crippen MR) is 163 cm³/mol. The van der Waals surface area contributed by atoms with E-state index in [0.29, 0.717) is 30.4 Å². The highest BCUT2D eigenvalue weighted by Gasteiger charge is 2.39. The Kier molecular flexibility index (Phi) is 8.20. The van der Waals surface area contributed by atoms with Crippen LogP contribution in [-0.2, 0) is 4.79 Å². The summed E-state index contributed by atoms with van der Waals surface area (Å²) in [4.78, 5) is 23.2. The van der Waals surface area contributed by atoms with Crippen LogP contribution in [0.25, 0.3) is 28.1 Å². The van der Waals surface area contributed by atoms with Crippen molar-refractivity contribution in [2.75, 3.05) is 29.9 Å². The number of hydrogen-bond donors (Lipinski definition) is 3. The van der Waals surface area contributed by atoms with Crippen molar-refractivity contribution in [1.29, 1.82) is 0 Å². The first-order valence-corrected chi connectivity index (χ1v) is 13.7. The van der Waals surface area contributed by atoms with E-state index in [2.05, 4.69) is 10.3 Å². The molecule has 1 aliphatic heterocycles. The van der Waals surface area contributed by atoms with Gasteiger partial charge in [-0.25, -0.2) is 18.7 Å². The summed E-state index contributed by atoms with van der Waals surface area (Å²) in [5, 5.41) is 14.1. The second kappa shape index (κ2) is 11.8. The number of halogens is 2. The van der Waals surface area contributed by atoms with Crippen LogP contribution < -0.4 is 16.0 Å². The summed E-state index contributed by atoms with van der Waals surface area (Å²) in [6, 6.07) is 18.8. The molecular weight excluding hydrogens is 538 g/mol. The summed E-state index contributed by atoms with van der Waals surface area (Å²) in [6.45, 7) is 5.81. The number of β-amino-alcohol motifs (C(OH)–C–C–N with tert-alkyl or cyclic N) is 1. The molecule has 1 aromatic heterocycles. The van der Waals surface area contributed by atoms with E-state index in [1.165, 1.54) is 15.9 Å². The van der Waals surface area contributed by atoms with Gasteiger partial charge in [0.05, 0.1) is 11.1 Å². The molecule has 0 radical (unpaired) electrons. The molecule has 1 aliphatic rings. The van der Waals surface area contributed by atoms with Crippen LogP contribution in [0.3, 0.4) is 0 Å². The van der Waals surface area contributed by atoms with Gasteiger partial charge in [0, 0.05) is 54.2 Å². The van der Waals surface area contributed by atoms with Crippen LogP contribution in [0.5, 0.6) is 0 Å². The Hall–Kier alpha value is -4.41. The summed E-state index contributed by atoms with van der Waals surface area (Å²) < 4.78 is 29.9. The molecule has 0 bridgehead atoms. The topological polar surface area (TPSA) is 108 Å². The third kappa shape index (κ3) is 6.56. The van der Waals surface area contributed by atoms with Crippen molar-refractivity contribution >= 4 is 40.2 Å². The van der Waals surface area contributed by atoms with E-state index >= 15 is 4.39 Å². The van der Waals surface area contributed by atoms with Gasteiger partial charge >= 0.3 is 0 Å². The number of alkyl halides is 2. The fourth-order valence-corrected chi connectivity index (χ4v) is 5.20. The van der Waals surface area contributed by atoms with Gasteiger partial charge in [-0.15, -0.1) is 0 Å². The van der Waals surface area contributed by atoms with Crippen LogP contribution in [0, 0.1) is 6.92 Å². The summed E-state index contributed by atoms with van der Waals surface area (Å²) in [5.74, 6) is -0.126. The molecule has 8 nitrogen and oxygen atoms in total. The smallest absolute Gasteiger partial charge is 0.241 e. The number of fused-ring (bicyclic) bond motifs is 1. The number of nitrogens with zero attached hydrogens (tertiary/aromatic N) is 4. The van der Waals surface area contributed by atoms with Crippen LogP contribution in [0.4, 0.5) is 26.1 Å². The van der Waals surface area contributed by atoms with Crippen molar-refractivity contribution in [2.45, 2.75) is 39.0 Å². The highest BCUT2D eigenvalue weighted by Crippen LogP contribution is 2.33. The molecule has 2 unspecified atom stereocenters. The lowest BCUT2D eigenvalue weighted by Crippen LogP contribution is -2.58. The lowest BCUT2D eigenvalue weighted by Gasteiger charge is -2.42. The SMILES string of the molecule is Cc1ccc2cnc(Nc3ccc(N4CCN(CC(C)(C)O)C(F)C4F)cc3)nc2c1-c1cccc(C=CC(N)=O)c1. The minimum atomic E-state index is -1.85. The molecule has 1 saturated heterocycles. The van der Waals surface area contributed by atoms with Crippen molar-refractivity contribution in [3.05, 3.63) is 84.1 Å². The fourth-order valence-electron chi connectivity index (χ4n) is 5.20. The van der Waals surface area contributed by atoms with Crippen LogP contribution >= 0.6 is 0 Å². The van der Waals surface area contributed by atoms with E-state index in [4.69, 9.17) is 10.7 Å². The number of anilines is 3. The van der Waals surface area contributed by atoms with E-state index < -0.39 is 24.1 Å². The summed E-state index contributed by atoms with van der Waals surface area (Å²) in [7, 11) is 0. The molecular formula is C32H34F2N6O2. The molecule has 5 rings (SSSR count). The first-order valence-electron chi connectivity index (χ1n) is 13.7. The van der Waals surface area contributed by atoms with Crippen molar-refractivity contribution < 1.29 is 18.7 Å². The lowest BCUT2D eigenvalue weighted by molar-refractivity contribution is -0.113. The van der Waals surface area contributed by atoms with E-state index in [1.54, 1.807) is 50.4 Å². The van der Waals surface area contributed by atoms with Gasteiger partial charge in [0.15, 0.2) is 0 Å². The van der Waals surface area contributed by atoms with Gasteiger partial charge in [0.2, 0.25) is 24.4 Å². The minimum absolute atomic E-state index is 0.0516. The van der Waals surface area contributed by atoms with Crippen molar-refractivity contribution in [2.24, 2.45) is 5.73 Å². The molecule has 2 heterocycles. The number of aryl methyl sites for hydroxylation is 1. The van der Waals surface area contributed by atoms with E-state index in [-0.39, 0.29) is 6.54 Å². The highest BCUT2D eigenvalue weighted by atomic mass is 19.2. The predicted octanol–water partition coefficient (Wildman–Crippen LogP) is 5.33. The van der Waals surface area contributed by atoms with Gasteiger partial charge in [-0.1, -0.05) is 30.3 Å². The Morgan fingerprint density at radius 2 is 1.88 bits per heavy atom. The average Bonchev–Trinajstić information content (AvgIpc) is 2.94. The number of aromatic nitrogens is 2. The summed E-state index contributed by atoms with van der Waals surface area (Å²) >= 11 is 0. The normalized spacial score (nSPS) is 18.1. The van der Waals surface area contributed by atoms with Crippen molar-refractivity contribution in [3.8, 4) is 11.1 Å². The number of benzene rings is 3. The maximum absolute atomic E-state index is 15.0. The molecule has 0 aliphatic carbocycles. The Bertz CT molecular complexity index is 1620. The molecule has 1 fully saturated rings. The average molecular weight is 573 g/mol. The Labute approximate surface area is 243 Å². The van der Waals surface area contributed by atoms with Gasteiger partial charge in [0.1, 0.15) is 0 Å². The third-order valence-electron chi connectivity index (χ3n) is 7.12. The van der Waals surface area contributed by atoms with Crippen LogP contribution in [0.1, 0.15) is 25.0 Å². The number of carbonyl (C=O) groups excluding carboxylic acids is 1. The van der Waals surface area contributed by atoms with Gasteiger partial charge < -0.3 is 21.1 Å². The minimum Gasteiger partial charge on any atom is -0.389 e. The van der Waals surface area contributed by atoms with Crippen LogP contribution in [0.2, 0.25) is 0 Å². The molecule has 42 heavy (non-hydrogen) atoms. The molecule has 4 N–H and O–H groups in total. The van der Waals surface area contributed by atoms with Crippen LogP contribution in [0.15, 0.2) is 72.9 Å². The molecule has 10 heteroatoms. The Balaban J connectivity index is 1.37. The molecule has 0 saturated carbocycles. The van der Waals surface area contributed by atoms with E-state index in [9.17, 15) is 14.3 Å². The lowest BCUT2D eigenvalue weighted by atomic mass is 9.96. The summed E-state index contributed by atoms with van der Waals surface area (Å²) in [6.07, 6.45) is 1.06. The van der Waals surface area contributed by atoms with Gasteiger partial charge in [-0.2, -0.15) is 0 Å². The molecule has 4 aromatic rings. The second-order valence-corrected chi connectivity index (χ2v) is 11.1. The maximum atomic E-state index is 15.0. The number of nitrogens with two attached hydrogens (primary N) is 1. The molecule has 218 valence electrons. The first-order chi connectivity index (χ1) is 20.0. The van der Waals surface area contributed by atoms with E-state index in [1.807, 2.05) is 43.3 Å². The van der Waals surface area contributed by atoms with E-state index in [0.717, 1.165) is 33.2 Å². The Morgan fingerprint density at radius 1 is 1.12 bits per heavy atom. The standard InChI is InChI=1S/C32H34F2N6O2/c1-20-7-9-23-18-36-31(38-28(23)27(20)22-6-4-5-21(17-22)8-14-26(35)41)37-24-10-12-25(13-11-24)40-16-15-39(19-32(2,3)42)29(33)30(40)34/h4-14,17-18,29-30,42H,15-16,19H2,1-3H3,(H2,35,41)(H,36,37,38). The number of rotatable bonds is 8. The zero-order valence-electron chi connectivity index (χ0n) is 23.8. The quantitative estimate of drug-likeness (QED) is 0.194. The zero-order valence-corrected chi connectivity index (χ0v) is 23.8. The van der Waals surface area contributed by atoms with Crippen LogP contribution in [-0.4, -0.2) is 63.7 Å². The zero-order chi connectivity index (χ0) is 30.0. The van der Waals surface area contributed by atoms with Gasteiger partial charge in [-0.3, -0.25) is 9.69 Å². The Morgan fingerprint density at radius 3 is 2.60 bits per heavy atom. The molecule has 3 aromatic carbocycles. The first kappa shape index (κ1) is 29.1. The van der Waals surface area contributed by atoms with Crippen molar-refractivity contribution in [1.82, 2.24) is 14.9 Å². The highest BCUT2D eigenvalue weighted by molar-refractivity contribution is 5.96. The fraction of sp³-hybridized carbons (Fsp3) is 0.281. The van der Waals surface area contributed by atoms with Gasteiger partial charge in [0.25, 0.3) is 0 Å². The molecule has 0 spiro atoms. The largest absolute Gasteiger partial charge is 0.389 e. The number of nitrogens with one attached hydrogen (secondary N) is 1. The maximum Gasteiger partial charge on any atom is 0.241 e.